The Morgan fingerprint density at radius 2 is 1.79 bits per heavy atom. The van der Waals surface area contributed by atoms with Crippen molar-refractivity contribution in [3.05, 3.63) is 23.8 Å². The van der Waals surface area contributed by atoms with E-state index in [1.54, 1.807) is 20.8 Å². The lowest BCUT2D eigenvalue weighted by Crippen LogP contribution is -2.49. The van der Waals surface area contributed by atoms with E-state index in [0.29, 0.717) is 0 Å². The maximum absolute atomic E-state index is 11.9. The number of carbonyl (C=O) groups excluding carboxylic acids is 1. The van der Waals surface area contributed by atoms with Crippen LogP contribution >= 0.6 is 0 Å². The van der Waals surface area contributed by atoms with Crippen molar-refractivity contribution in [2.45, 2.75) is 26.8 Å². The molecule has 104 valence electrons. The summed E-state index contributed by atoms with van der Waals surface area (Å²) in [6.07, 6.45) is 0. The van der Waals surface area contributed by atoms with Crippen molar-refractivity contribution in [1.29, 1.82) is 0 Å². The zero-order valence-electron chi connectivity index (χ0n) is 11.0. The molecule has 19 heavy (non-hydrogen) atoms. The summed E-state index contributed by atoms with van der Waals surface area (Å²) in [5, 5.41) is 30.3. The first kappa shape index (κ1) is 14.8. The predicted octanol–water partition coefficient (Wildman–Crippen LogP) is 1.33. The number of carbonyl (C=O) groups is 2. The van der Waals surface area contributed by atoms with Gasteiger partial charge in [-0.25, -0.2) is 4.79 Å². The average molecular weight is 267 g/mol. The summed E-state index contributed by atoms with van der Waals surface area (Å²) < 4.78 is 0. The molecule has 4 N–H and O–H groups in total. The summed E-state index contributed by atoms with van der Waals surface area (Å²) in [5.74, 6) is -2.93. The fraction of sp³-hybridized carbons (Fsp3) is 0.385. The molecule has 0 unspecified atom stereocenters. The predicted molar refractivity (Wildman–Crippen MR) is 68.1 cm³/mol. The highest BCUT2D eigenvalue weighted by Gasteiger charge is 2.33. The fourth-order valence-electron chi connectivity index (χ4n) is 1.57. The van der Waals surface area contributed by atoms with Crippen molar-refractivity contribution >= 4 is 11.9 Å². The molecule has 0 saturated carbocycles. The SMILES string of the molecule is CC(C)(C)[C@@H](NC(=O)c1cccc(O)c1O)C(=O)O. The van der Waals surface area contributed by atoms with Crippen LogP contribution in [0.3, 0.4) is 0 Å². The number of para-hydroxylation sites is 1. The average Bonchev–Trinajstić information content (AvgIpc) is 2.27. The number of nitrogens with one attached hydrogen (secondary N) is 1. The van der Waals surface area contributed by atoms with Gasteiger partial charge in [0.25, 0.3) is 5.91 Å². The Kier molecular flexibility index (Phi) is 4.04. The first-order chi connectivity index (χ1) is 8.64. The summed E-state index contributed by atoms with van der Waals surface area (Å²) in [6, 6.07) is 2.80. The molecule has 0 heterocycles. The molecule has 0 saturated heterocycles. The van der Waals surface area contributed by atoms with Crippen LogP contribution in [0.4, 0.5) is 0 Å². The topological polar surface area (TPSA) is 107 Å². The molecule has 1 aromatic rings. The highest BCUT2D eigenvalue weighted by Crippen LogP contribution is 2.28. The smallest absolute Gasteiger partial charge is 0.326 e. The number of phenols is 2. The minimum atomic E-state index is -1.17. The molecule has 1 aromatic carbocycles. The number of rotatable bonds is 3. The van der Waals surface area contributed by atoms with Gasteiger partial charge in [0, 0.05) is 0 Å². The normalized spacial score (nSPS) is 12.8. The zero-order valence-corrected chi connectivity index (χ0v) is 11.0. The Morgan fingerprint density at radius 1 is 1.21 bits per heavy atom. The molecule has 0 aliphatic rings. The number of benzene rings is 1. The third kappa shape index (κ3) is 3.37. The standard InChI is InChI=1S/C13H17NO5/c1-13(2,3)10(12(18)19)14-11(17)7-5-4-6-8(15)9(7)16/h4-6,10,15-16H,1-3H3,(H,14,17)(H,18,19)/t10-/m0/s1. The van der Waals surface area contributed by atoms with Crippen LogP contribution in [0.15, 0.2) is 18.2 Å². The molecule has 6 nitrogen and oxygen atoms in total. The molecule has 0 aromatic heterocycles. The van der Waals surface area contributed by atoms with Gasteiger partial charge in [-0.05, 0) is 17.5 Å². The molecule has 0 aliphatic heterocycles. The third-order valence-corrected chi connectivity index (χ3v) is 2.65. The Balaban J connectivity index is 3.02. The van der Waals surface area contributed by atoms with E-state index in [1.807, 2.05) is 0 Å². The van der Waals surface area contributed by atoms with Gasteiger partial charge in [-0.2, -0.15) is 0 Å². The lowest BCUT2D eigenvalue weighted by Gasteiger charge is -2.27. The van der Waals surface area contributed by atoms with Crippen LogP contribution < -0.4 is 5.32 Å². The van der Waals surface area contributed by atoms with Gasteiger partial charge in [-0.15, -0.1) is 0 Å². The van der Waals surface area contributed by atoms with Crippen molar-refractivity contribution in [2.75, 3.05) is 0 Å². The number of hydrogen-bond donors (Lipinski definition) is 4. The number of aliphatic carboxylic acids is 1. The molecule has 1 amide bonds. The van der Waals surface area contributed by atoms with E-state index in [0.717, 1.165) is 0 Å². The zero-order chi connectivity index (χ0) is 14.8. The lowest BCUT2D eigenvalue weighted by molar-refractivity contribution is -0.142. The van der Waals surface area contributed by atoms with Gasteiger partial charge in [-0.1, -0.05) is 26.8 Å². The molecule has 0 spiro atoms. The lowest BCUT2D eigenvalue weighted by atomic mass is 9.86. The summed E-state index contributed by atoms with van der Waals surface area (Å²) in [7, 11) is 0. The van der Waals surface area contributed by atoms with Gasteiger partial charge in [0.1, 0.15) is 6.04 Å². The minimum absolute atomic E-state index is 0.171. The van der Waals surface area contributed by atoms with E-state index < -0.39 is 34.8 Å². The Labute approximate surface area is 110 Å². The third-order valence-electron chi connectivity index (χ3n) is 2.65. The molecular weight excluding hydrogens is 250 g/mol. The number of carboxylic acid groups (broad SMARTS) is 1. The van der Waals surface area contributed by atoms with Crippen LogP contribution in [0.1, 0.15) is 31.1 Å². The van der Waals surface area contributed by atoms with Crippen LogP contribution in [-0.2, 0) is 4.79 Å². The van der Waals surface area contributed by atoms with E-state index in [4.69, 9.17) is 5.11 Å². The van der Waals surface area contributed by atoms with Gasteiger partial charge in [0.2, 0.25) is 0 Å². The van der Waals surface area contributed by atoms with E-state index in [2.05, 4.69) is 5.32 Å². The summed E-state index contributed by atoms with van der Waals surface area (Å²) in [5.41, 5.74) is -0.857. The first-order valence-electron chi connectivity index (χ1n) is 5.69. The van der Waals surface area contributed by atoms with Gasteiger partial charge < -0.3 is 20.6 Å². The minimum Gasteiger partial charge on any atom is -0.504 e. The molecule has 6 heteroatoms. The van der Waals surface area contributed by atoms with Gasteiger partial charge in [0.15, 0.2) is 11.5 Å². The summed E-state index contributed by atoms with van der Waals surface area (Å²) in [4.78, 5) is 23.1. The second kappa shape index (κ2) is 5.17. The van der Waals surface area contributed by atoms with Gasteiger partial charge >= 0.3 is 5.97 Å². The maximum atomic E-state index is 11.9. The summed E-state index contributed by atoms with van der Waals surface area (Å²) in [6.45, 7) is 5.02. The van der Waals surface area contributed by atoms with Gasteiger partial charge in [-0.3, -0.25) is 4.79 Å². The second-order valence-corrected chi connectivity index (χ2v) is 5.28. The number of amides is 1. The van der Waals surface area contributed by atoms with E-state index in [9.17, 15) is 19.8 Å². The molecule has 0 bridgehead atoms. The van der Waals surface area contributed by atoms with Crippen molar-refractivity contribution in [1.82, 2.24) is 5.32 Å². The Hall–Kier alpha value is -2.24. The molecule has 0 radical (unpaired) electrons. The van der Waals surface area contributed by atoms with Crippen LogP contribution in [0.25, 0.3) is 0 Å². The monoisotopic (exact) mass is 267 g/mol. The summed E-state index contributed by atoms with van der Waals surface area (Å²) >= 11 is 0. The largest absolute Gasteiger partial charge is 0.504 e. The molecule has 0 fully saturated rings. The van der Waals surface area contributed by atoms with Crippen LogP contribution in [0, 0.1) is 5.41 Å². The Bertz CT molecular complexity index is 504. The van der Waals surface area contributed by atoms with Crippen LogP contribution in [0.2, 0.25) is 0 Å². The van der Waals surface area contributed by atoms with Crippen molar-refractivity contribution in [2.24, 2.45) is 5.41 Å². The van der Waals surface area contributed by atoms with Gasteiger partial charge in [0.05, 0.1) is 5.56 Å². The fourth-order valence-corrected chi connectivity index (χ4v) is 1.57. The quantitative estimate of drug-likeness (QED) is 0.618. The molecular formula is C13H17NO5. The maximum Gasteiger partial charge on any atom is 0.326 e. The molecule has 1 atom stereocenters. The van der Waals surface area contributed by atoms with Crippen molar-refractivity contribution < 1.29 is 24.9 Å². The highest BCUT2D eigenvalue weighted by molar-refractivity contribution is 5.99. The molecule has 1 rings (SSSR count). The first-order valence-corrected chi connectivity index (χ1v) is 5.69. The van der Waals surface area contributed by atoms with Crippen molar-refractivity contribution in [3.8, 4) is 11.5 Å². The number of aromatic hydroxyl groups is 2. The number of carboxylic acids is 1. The highest BCUT2D eigenvalue weighted by atomic mass is 16.4. The second-order valence-electron chi connectivity index (χ2n) is 5.28. The van der Waals surface area contributed by atoms with E-state index >= 15 is 0 Å². The van der Waals surface area contributed by atoms with Crippen LogP contribution in [0.5, 0.6) is 11.5 Å². The van der Waals surface area contributed by atoms with E-state index in [-0.39, 0.29) is 5.56 Å². The number of hydrogen-bond acceptors (Lipinski definition) is 4. The van der Waals surface area contributed by atoms with E-state index in [1.165, 1.54) is 18.2 Å². The van der Waals surface area contributed by atoms with Crippen molar-refractivity contribution in [3.63, 3.8) is 0 Å². The Morgan fingerprint density at radius 3 is 2.26 bits per heavy atom. The van der Waals surface area contributed by atoms with Crippen LogP contribution in [-0.4, -0.2) is 33.2 Å². The number of phenolic OH excluding ortho intramolecular Hbond substituents is 2. The molecule has 0 aliphatic carbocycles.